The first-order chi connectivity index (χ1) is 8.73. The van der Waals surface area contributed by atoms with Crippen LogP contribution in [0.2, 0.25) is 0 Å². The second kappa shape index (κ2) is 5.88. The average molecular weight is 267 g/mol. The molecule has 0 aliphatic rings. The van der Waals surface area contributed by atoms with Crippen molar-refractivity contribution in [3.63, 3.8) is 0 Å². The Hall–Kier alpha value is -1.82. The number of likely N-dealkylation sites (N-methyl/N-ethyl adjacent to an activating group) is 1. The lowest BCUT2D eigenvalue weighted by Gasteiger charge is -2.23. The van der Waals surface area contributed by atoms with Gasteiger partial charge in [0.1, 0.15) is 5.76 Å². The fraction of sp³-hybridized carbons (Fsp3) is 0.538. The van der Waals surface area contributed by atoms with E-state index in [2.05, 4.69) is 5.32 Å². The molecule has 1 aromatic heterocycles. The minimum Gasteiger partial charge on any atom is -0.455 e. The minimum absolute atomic E-state index is 0.0191. The van der Waals surface area contributed by atoms with Crippen molar-refractivity contribution in [2.45, 2.75) is 32.9 Å². The van der Waals surface area contributed by atoms with Crippen LogP contribution in [0.3, 0.4) is 0 Å². The second-order valence-electron chi connectivity index (χ2n) is 5.43. The average Bonchev–Trinajstić information content (AvgIpc) is 2.73. The van der Waals surface area contributed by atoms with Crippen molar-refractivity contribution in [2.75, 3.05) is 13.6 Å². The molecule has 3 N–H and O–H groups in total. The number of hydrogen-bond acceptors (Lipinski definition) is 4. The Bertz CT molecular complexity index is 460. The maximum Gasteiger partial charge on any atom is 0.289 e. The van der Waals surface area contributed by atoms with E-state index >= 15 is 0 Å². The molecule has 106 valence electrons. The van der Waals surface area contributed by atoms with Gasteiger partial charge in [-0.2, -0.15) is 0 Å². The summed E-state index contributed by atoms with van der Waals surface area (Å²) >= 11 is 0. The molecule has 0 spiro atoms. The predicted molar refractivity (Wildman–Crippen MR) is 71.5 cm³/mol. The Morgan fingerprint density at radius 3 is 2.47 bits per heavy atom. The number of rotatable bonds is 4. The van der Waals surface area contributed by atoms with Crippen LogP contribution < -0.4 is 11.1 Å². The third-order valence-electron chi connectivity index (χ3n) is 2.32. The summed E-state index contributed by atoms with van der Waals surface area (Å²) in [5, 5.41) is 2.79. The number of nitrogens with one attached hydrogen (secondary N) is 1. The van der Waals surface area contributed by atoms with Crippen molar-refractivity contribution < 1.29 is 14.0 Å². The topological polar surface area (TPSA) is 88.6 Å². The number of furan rings is 1. The van der Waals surface area contributed by atoms with Gasteiger partial charge in [-0.1, -0.05) is 0 Å². The Balaban J connectivity index is 2.60. The summed E-state index contributed by atoms with van der Waals surface area (Å²) in [6.07, 6.45) is 0. The van der Waals surface area contributed by atoms with Crippen LogP contribution in [0.25, 0.3) is 0 Å². The fourth-order valence-corrected chi connectivity index (χ4v) is 1.54. The van der Waals surface area contributed by atoms with Gasteiger partial charge in [0, 0.05) is 12.6 Å². The second-order valence-corrected chi connectivity index (χ2v) is 5.43. The van der Waals surface area contributed by atoms with E-state index in [1.54, 1.807) is 19.2 Å². The van der Waals surface area contributed by atoms with Crippen molar-refractivity contribution in [1.82, 2.24) is 10.2 Å². The highest BCUT2D eigenvalue weighted by atomic mass is 16.4. The summed E-state index contributed by atoms with van der Waals surface area (Å²) in [6, 6.07) is 3.21. The van der Waals surface area contributed by atoms with E-state index in [1.165, 1.54) is 4.90 Å². The number of nitrogens with zero attached hydrogens (tertiary/aromatic N) is 1. The predicted octanol–water partition coefficient (Wildman–Crippen LogP) is 0.725. The van der Waals surface area contributed by atoms with Crippen LogP contribution in [0, 0.1) is 0 Å². The van der Waals surface area contributed by atoms with E-state index in [9.17, 15) is 9.59 Å². The molecular weight excluding hydrogens is 246 g/mol. The van der Waals surface area contributed by atoms with Crippen LogP contribution in [-0.4, -0.2) is 35.8 Å². The summed E-state index contributed by atoms with van der Waals surface area (Å²) in [6.45, 7) is 5.86. The van der Waals surface area contributed by atoms with Crippen molar-refractivity contribution in [3.05, 3.63) is 23.7 Å². The van der Waals surface area contributed by atoms with Gasteiger partial charge in [-0.25, -0.2) is 0 Å². The van der Waals surface area contributed by atoms with Crippen LogP contribution in [0.4, 0.5) is 0 Å². The molecule has 0 aliphatic carbocycles. The highest BCUT2D eigenvalue weighted by molar-refractivity contribution is 5.94. The number of amides is 2. The monoisotopic (exact) mass is 267 g/mol. The SMILES string of the molecule is CN(CC(=O)NC(C)(C)C)C(=O)c1ccc(CN)o1. The zero-order valence-electron chi connectivity index (χ0n) is 11.8. The van der Waals surface area contributed by atoms with Gasteiger partial charge in [0.2, 0.25) is 5.91 Å². The van der Waals surface area contributed by atoms with E-state index < -0.39 is 0 Å². The largest absolute Gasteiger partial charge is 0.455 e. The smallest absolute Gasteiger partial charge is 0.289 e. The minimum atomic E-state index is -0.344. The van der Waals surface area contributed by atoms with Crippen LogP contribution in [0.5, 0.6) is 0 Å². The molecular formula is C13H21N3O3. The lowest BCUT2D eigenvalue weighted by molar-refractivity contribution is -0.122. The maximum atomic E-state index is 12.0. The van der Waals surface area contributed by atoms with Crippen LogP contribution >= 0.6 is 0 Å². The van der Waals surface area contributed by atoms with Gasteiger partial charge >= 0.3 is 0 Å². The van der Waals surface area contributed by atoms with Crippen LogP contribution in [0.15, 0.2) is 16.5 Å². The molecule has 2 amide bonds. The molecule has 1 aromatic rings. The van der Waals surface area contributed by atoms with E-state index in [1.807, 2.05) is 20.8 Å². The number of hydrogen-bond donors (Lipinski definition) is 2. The molecule has 19 heavy (non-hydrogen) atoms. The molecule has 6 nitrogen and oxygen atoms in total. The molecule has 0 aliphatic heterocycles. The maximum absolute atomic E-state index is 12.0. The van der Waals surface area contributed by atoms with Gasteiger partial charge in [0.05, 0.1) is 13.1 Å². The van der Waals surface area contributed by atoms with Gasteiger partial charge in [-0.15, -0.1) is 0 Å². The first-order valence-electron chi connectivity index (χ1n) is 6.08. The van der Waals surface area contributed by atoms with Crippen LogP contribution in [0.1, 0.15) is 37.1 Å². The van der Waals surface area contributed by atoms with E-state index in [0.717, 1.165) is 0 Å². The molecule has 0 bridgehead atoms. The Morgan fingerprint density at radius 2 is 2.00 bits per heavy atom. The zero-order valence-corrected chi connectivity index (χ0v) is 11.8. The first kappa shape index (κ1) is 15.2. The molecule has 1 rings (SSSR count). The number of carbonyl (C=O) groups excluding carboxylic acids is 2. The van der Waals surface area contributed by atoms with Crippen molar-refractivity contribution >= 4 is 11.8 Å². The summed E-state index contributed by atoms with van der Waals surface area (Å²) < 4.78 is 5.25. The molecule has 0 unspecified atom stereocenters. The highest BCUT2D eigenvalue weighted by Crippen LogP contribution is 2.09. The number of nitrogens with two attached hydrogens (primary N) is 1. The Morgan fingerprint density at radius 1 is 1.37 bits per heavy atom. The van der Waals surface area contributed by atoms with Gasteiger partial charge in [-0.05, 0) is 32.9 Å². The summed E-state index contributed by atoms with van der Waals surface area (Å²) in [7, 11) is 1.55. The Labute approximate surface area is 112 Å². The van der Waals surface area contributed by atoms with Crippen molar-refractivity contribution in [1.29, 1.82) is 0 Å². The van der Waals surface area contributed by atoms with E-state index in [-0.39, 0.29) is 36.2 Å². The molecule has 0 saturated heterocycles. The lowest BCUT2D eigenvalue weighted by Crippen LogP contribution is -2.46. The fourth-order valence-electron chi connectivity index (χ4n) is 1.54. The quantitative estimate of drug-likeness (QED) is 0.841. The highest BCUT2D eigenvalue weighted by Gasteiger charge is 2.20. The zero-order chi connectivity index (χ0) is 14.6. The molecule has 0 fully saturated rings. The molecule has 6 heteroatoms. The lowest BCUT2D eigenvalue weighted by atomic mass is 10.1. The third-order valence-corrected chi connectivity index (χ3v) is 2.32. The van der Waals surface area contributed by atoms with Crippen molar-refractivity contribution in [3.8, 4) is 0 Å². The molecule has 0 atom stereocenters. The molecule has 0 radical (unpaired) electrons. The molecule has 1 heterocycles. The first-order valence-corrected chi connectivity index (χ1v) is 6.08. The van der Waals surface area contributed by atoms with Gasteiger partial charge in [0.15, 0.2) is 5.76 Å². The Kier molecular flexibility index (Phi) is 4.72. The van der Waals surface area contributed by atoms with Gasteiger partial charge in [0.25, 0.3) is 5.91 Å². The van der Waals surface area contributed by atoms with E-state index in [4.69, 9.17) is 10.2 Å². The van der Waals surface area contributed by atoms with Gasteiger partial charge in [-0.3, -0.25) is 9.59 Å². The number of carbonyl (C=O) groups is 2. The summed E-state index contributed by atoms with van der Waals surface area (Å²) in [5.41, 5.74) is 5.09. The van der Waals surface area contributed by atoms with Gasteiger partial charge < -0.3 is 20.4 Å². The standard InChI is InChI=1S/C13H21N3O3/c1-13(2,3)15-11(17)8-16(4)12(18)10-6-5-9(7-14)19-10/h5-6H,7-8,14H2,1-4H3,(H,15,17). The molecule has 0 aromatic carbocycles. The van der Waals surface area contributed by atoms with Crippen molar-refractivity contribution in [2.24, 2.45) is 5.73 Å². The molecule has 0 saturated carbocycles. The third kappa shape index (κ3) is 4.75. The summed E-state index contributed by atoms with van der Waals surface area (Å²) in [4.78, 5) is 25.0. The normalized spacial score (nSPS) is 11.2. The van der Waals surface area contributed by atoms with E-state index in [0.29, 0.717) is 5.76 Å². The summed E-state index contributed by atoms with van der Waals surface area (Å²) in [5.74, 6) is 0.167. The van der Waals surface area contributed by atoms with Crippen LogP contribution in [-0.2, 0) is 11.3 Å².